The lowest BCUT2D eigenvalue weighted by atomic mass is 10.1. The Balaban J connectivity index is 2.20. The summed E-state index contributed by atoms with van der Waals surface area (Å²) in [6.45, 7) is 3.28. The number of methoxy groups -OCH3 is 1. The summed E-state index contributed by atoms with van der Waals surface area (Å²) in [6, 6.07) is 9.51. The third-order valence-corrected chi connectivity index (χ3v) is 3.25. The molecule has 0 saturated carbocycles. The van der Waals surface area contributed by atoms with Gasteiger partial charge in [-0.3, -0.25) is 4.79 Å². The first-order valence-corrected chi connectivity index (χ1v) is 6.97. The minimum absolute atomic E-state index is 0.108. The highest BCUT2D eigenvalue weighted by atomic mass is 16.5. The van der Waals surface area contributed by atoms with E-state index in [4.69, 9.17) is 4.74 Å². The van der Waals surface area contributed by atoms with Gasteiger partial charge in [0.15, 0.2) is 5.78 Å². The number of carbonyl (C=O) groups excluding carboxylic acids is 2. The first kappa shape index (κ1) is 16.4. The molecule has 0 aliphatic heterocycles. The number of amides is 2. The number of hydrogen-bond acceptors (Lipinski definition) is 4. The van der Waals surface area contributed by atoms with Crippen LogP contribution < -0.4 is 15.4 Å². The summed E-state index contributed by atoms with van der Waals surface area (Å²) in [5.74, 6) is -0.252. The topological polar surface area (TPSA) is 87.7 Å². The predicted octanol–water partition coefficient (Wildman–Crippen LogP) is 3.56. The van der Waals surface area contributed by atoms with Crippen LogP contribution in [0.4, 0.5) is 16.2 Å². The van der Waals surface area contributed by atoms with Gasteiger partial charge in [-0.2, -0.15) is 0 Å². The molecule has 0 aliphatic rings. The number of phenols is 1. The van der Waals surface area contributed by atoms with E-state index in [0.29, 0.717) is 11.4 Å². The van der Waals surface area contributed by atoms with E-state index < -0.39 is 6.03 Å². The SMILES string of the molecule is COc1cc(O)c(C(C)=O)cc1NC(=O)Nc1ccc(C)cc1. The summed E-state index contributed by atoms with van der Waals surface area (Å²) in [5, 5.41) is 15.1. The molecule has 2 amide bonds. The molecule has 120 valence electrons. The Morgan fingerprint density at radius 3 is 2.30 bits per heavy atom. The maximum atomic E-state index is 12.1. The zero-order valence-electron chi connectivity index (χ0n) is 13.1. The minimum Gasteiger partial charge on any atom is -0.507 e. The van der Waals surface area contributed by atoms with Crippen LogP contribution in [-0.2, 0) is 0 Å². The summed E-state index contributed by atoms with van der Waals surface area (Å²) in [5.41, 5.74) is 2.12. The normalized spacial score (nSPS) is 10.0. The maximum Gasteiger partial charge on any atom is 0.323 e. The van der Waals surface area contributed by atoms with Crippen molar-refractivity contribution in [3.05, 3.63) is 47.5 Å². The summed E-state index contributed by atoms with van der Waals surface area (Å²) in [4.78, 5) is 23.6. The number of rotatable bonds is 4. The van der Waals surface area contributed by atoms with Gasteiger partial charge in [0.1, 0.15) is 11.5 Å². The number of aryl methyl sites for hydroxylation is 1. The van der Waals surface area contributed by atoms with Crippen LogP contribution in [-0.4, -0.2) is 24.0 Å². The fourth-order valence-electron chi connectivity index (χ4n) is 2.04. The highest BCUT2D eigenvalue weighted by Gasteiger charge is 2.15. The van der Waals surface area contributed by atoms with E-state index in [9.17, 15) is 14.7 Å². The lowest BCUT2D eigenvalue weighted by Gasteiger charge is -2.13. The number of ketones is 1. The molecule has 0 atom stereocenters. The molecule has 0 saturated heterocycles. The van der Waals surface area contributed by atoms with E-state index in [-0.39, 0.29) is 22.8 Å². The largest absolute Gasteiger partial charge is 0.507 e. The Morgan fingerprint density at radius 1 is 1.09 bits per heavy atom. The number of phenolic OH excluding ortho intramolecular Hbond substituents is 1. The average molecular weight is 314 g/mol. The highest BCUT2D eigenvalue weighted by molar-refractivity contribution is 6.03. The van der Waals surface area contributed by atoms with Crippen molar-refractivity contribution in [1.29, 1.82) is 0 Å². The summed E-state index contributed by atoms with van der Waals surface area (Å²) in [6.07, 6.45) is 0. The molecule has 6 heteroatoms. The molecule has 23 heavy (non-hydrogen) atoms. The van der Waals surface area contributed by atoms with Crippen LogP contribution in [0.3, 0.4) is 0 Å². The van der Waals surface area contributed by atoms with Gasteiger partial charge in [-0.25, -0.2) is 4.79 Å². The Hall–Kier alpha value is -3.02. The lowest BCUT2D eigenvalue weighted by molar-refractivity contribution is 0.101. The van der Waals surface area contributed by atoms with E-state index in [1.165, 1.54) is 26.2 Å². The fourth-order valence-corrected chi connectivity index (χ4v) is 2.04. The molecule has 0 unspecified atom stereocenters. The number of carbonyl (C=O) groups is 2. The number of benzene rings is 2. The fraction of sp³-hybridized carbons (Fsp3) is 0.176. The molecule has 0 bridgehead atoms. The second kappa shape index (κ2) is 6.83. The summed E-state index contributed by atoms with van der Waals surface area (Å²) >= 11 is 0. The molecule has 2 aromatic carbocycles. The third-order valence-electron chi connectivity index (χ3n) is 3.25. The first-order chi connectivity index (χ1) is 10.9. The molecule has 2 aromatic rings. The number of Topliss-reactive ketones (excluding diaryl/α,β-unsaturated/α-hetero) is 1. The van der Waals surface area contributed by atoms with Crippen molar-refractivity contribution in [2.24, 2.45) is 0 Å². The van der Waals surface area contributed by atoms with Gasteiger partial charge in [0.05, 0.1) is 18.4 Å². The lowest BCUT2D eigenvalue weighted by Crippen LogP contribution is -2.20. The molecule has 0 aliphatic carbocycles. The van der Waals surface area contributed by atoms with Crippen LogP contribution in [0.5, 0.6) is 11.5 Å². The van der Waals surface area contributed by atoms with E-state index in [1.807, 2.05) is 19.1 Å². The maximum absolute atomic E-state index is 12.1. The molecule has 0 spiro atoms. The number of urea groups is 1. The Morgan fingerprint density at radius 2 is 1.74 bits per heavy atom. The van der Waals surface area contributed by atoms with E-state index in [2.05, 4.69) is 10.6 Å². The van der Waals surface area contributed by atoms with E-state index in [1.54, 1.807) is 12.1 Å². The van der Waals surface area contributed by atoms with Gasteiger partial charge in [0.2, 0.25) is 0 Å². The zero-order chi connectivity index (χ0) is 17.0. The number of ether oxygens (including phenoxy) is 1. The van der Waals surface area contributed by atoms with Crippen molar-refractivity contribution in [3.8, 4) is 11.5 Å². The van der Waals surface area contributed by atoms with Crippen LogP contribution in [0.2, 0.25) is 0 Å². The van der Waals surface area contributed by atoms with E-state index >= 15 is 0 Å². The Labute approximate surface area is 134 Å². The monoisotopic (exact) mass is 314 g/mol. The molecule has 0 aromatic heterocycles. The average Bonchev–Trinajstić information content (AvgIpc) is 2.50. The minimum atomic E-state index is -0.479. The van der Waals surface area contributed by atoms with Crippen molar-refractivity contribution in [2.75, 3.05) is 17.7 Å². The van der Waals surface area contributed by atoms with Gasteiger partial charge in [-0.1, -0.05) is 17.7 Å². The van der Waals surface area contributed by atoms with Crippen LogP contribution in [0.15, 0.2) is 36.4 Å². The van der Waals surface area contributed by atoms with Crippen molar-refractivity contribution >= 4 is 23.2 Å². The zero-order valence-corrected chi connectivity index (χ0v) is 13.1. The van der Waals surface area contributed by atoms with Crippen LogP contribution in [0.1, 0.15) is 22.8 Å². The first-order valence-electron chi connectivity index (χ1n) is 6.97. The number of hydrogen-bond donors (Lipinski definition) is 3. The molecule has 2 rings (SSSR count). The third kappa shape index (κ3) is 4.00. The quantitative estimate of drug-likeness (QED) is 0.595. The number of anilines is 2. The molecule has 3 N–H and O–H groups in total. The van der Waals surface area contributed by atoms with Crippen LogP contribution in [0.25, 0.3) is 0 Å². The van der Waals surface area contributed by atoms with Crippen LogP contribution in [0, 0.1) is 6.92 Å². The number of aromatic hydroxyl groups is 1. The Kier molecular flexibility index (Phi) is 4.85. The summed E-state index contributed by atoms with van der Waals surface area (Å²) < 4.78 is 5.11. The number of nitrogens with one attached hydrogen (secondary N) is 2. The highest BCUT2D eigenvalue weighted by Crippen LogP contribution is 2.32. The molecular weight excluding hydrogens is 296 g/mol. The van der Waals surface area contributed by atoms with Crippen molar-refractivity contribution in [3.63, 3.8) is 0 Å². The van der Waals surface area contributed by atoms with Gasteiger partial charge in [0.25, 0.3) is 0 Å². The predicted molar refractivity (Wildman–Crippen MR) is 88.5 cm³/mol. The van der Waals surface area contributed by atoms with Crippen molar-refractivity contribution in [1.82, 2.24) is 0 Å². The van der Waals surface area contributed by atoms with Gasteiger partial charge < -0.3 is 20.5 Å². The molecule has 0 heterocycles. The molecule has 0 radical (unpaired) electrons. The molecular formula is C17H18N2O4. The van der Waals surface area contributed by atoms with Gasteiger partial charge >= 0.3 is 6.03 Å². The second-order valence-electron chi connectivity index (χ2n) is 5.07. The van der Waals surface area contributed by atoms with Crippen molar-refractivity contribution in [2.45, 2.75) is 13.8 Å². The van der Waals surface area contributed by atoms with Gasteiger partial charge in [0, 0.05) is 11.8 Å². The van der Waals surface area contributed by atoms with Gasteiger partial charge in [-0.05, 0) is 32.0 Å². The Bertz CT molecular complexity index is 739. The molecule has 0 fully saturated rings. The second-order valence-corrected chi connectivity index (χ2v) is 5.07. The van der Waals surface area contributed by atoms with Gasteiger partial charge in [-0.15, -0.1) is 0 Å². The summed E-state index contributed by atoms with van der Waals surface area (Å²) in [7, 11) is 1.41. The van der Waals surface area contributed by atoms with Crippen LogP contribution >= 0.6 is 0 Å². The van der Waals surface area contributed by atoms with E-state index in [0.717, 1.165) is 5.56 Å². The molecule has 6 nitrogen and oxygen atoms in total. The van der Waals surface area contributed by atoms with Crippen molar-refractivity contribution < 1.29 is 19.4 Å². The smallest absolute Gasteiger partial charge is 0.323 e. The standard InChI is InChI=1S/C17H18N2O4/c1-10-4-6-12(7-5-10)18-17(22)19-14-8-13(11(2)20)15(21)9-16(14)23-3/h4-9,21H,1-3H3,(H2,18,19,22).